The number of aromatic nitrogens is 4. The summed E-state index contributed by atoms with van der Waals surface area (Å²) in [6.45, 7) is 4.13. The van der Waals surface area contributed by atoms with Gasteiger partial charge in [-0.25, -0.2) is 4.79 Å². The van der Waals surface area contributed by atoms with Gasteiger partial charge >= 0.3 is 5.69 Å². The fourth-order valence-electron chi connectivity index (χ4n) is 1.98. The summed E-state index contributed by atoms with van der Waals surface area (Å²) in [5, 5.41) is 12.4. The molecule has 0 unspecified atom stereocenters. The maximum absolute atomic E-state index is 12.0. The van der Waals surface area contributed by atoms with Gasteiger partial charge in [0.1, 0.15) is 0 Å². The number of nitrogens with one attached hydrogen (secondary N) is 2. The third kappa shape index (κ3) is 2.34. The third-order valence-corrected chi connectivity index (χ3v) is 3.32. The highest BCUT2D eigenvalue weighted by atomic mass is 16.3. The minimum Gasteiger partial charge on any atom is -0.395 e. The first-order valence-electron chi connectivity index (χ1n) is 6.56. The fourth-order valence-corrected chi connectivity index (χ4v) is 1.98. The molecule has 0 aromatic carbocycles. The van der Waals surface area contributed by atoms with E-state index in [0.717, 1.165) is 6.42 Å². The quantitative estimate of drug-likeness (QED) is 0.693. The number of rotatable bonds is 5. The Hall–Kier alpha value is -2.09. The van der Waals surface area contributed by atoms with Gasteiger partial charge < -0.3 is 15.0 Å². The van der Waals surface area contributed by atoms with Crippen molar-refractivity contribution in [1.82, 2.24) is 19.1 Å². The maximum Gasteiger partial charge on any atom is 0.329 e. The Morgan fingerprint density at radius 3 is 2.75 bits per heavy atom. The Labute approximate surface area is 115 Å². The van der Waals surface area contributed by atoms with Crippen LogP contribution in [-0.2, 0) is 13.6 Å². The SMILES string of the molecule is CC[C@@H](C)Nc1nc2c(c(=O)[nH]c(=O)n2C)n1CCO. The largest absolute Gasteiger partial charge is 0.395 e. The fraction of sp³-hybridized carbons (Fsp3) is 0.583. The molecule has 8 heteroatoms. The van der Waals surface area contributed by atoms with E-state index in [0.29, 0.717) is 11.6 Å². The van der Waals surface area contributed by atoms with E-state index in [1.807, 2.05) is 13.8 Å². The predicted molar refractivity (Wildman–Crippen MR) is 76.1 cm³/mol. The van der Waals surface area contributed by atoms with Crippen molar-refractivity contribution >= 4 is 17.1 Å². The van der Waals surface area contributed by atoms with Crippen LogP contribution in [0.5, 0.6) is 0 Å². The van der Waals surface area contributed by atoms with Crippen LogP contribution < -0.4 is 16.6 Å². The minimum absolute atomic E-state index is 0.122. The number of hydrogen-bond donors (Lipinski definition) is 3. The summed E-state index contributed by atoms with van der Waals surface area (Å²) in [7, 11) is 1.55. The van der Waals surface area contributed by atoms with Crippen LogP contribution in [0.15, 0.2) is 9.59 Å². The second-order valence-electron chi connectivity index (χ2n) is 4.75. The average Bonchev–Trinajstić information content (AvgIpc) is 2.76. The van der Waals surface area contributed by atoms with Gasteiger partial charge in [-0.1, -0.05) is 6.92 Å². The standard InChI is InChI=1S/C12H19N5O3/c1-4-7(2)13-11-14-9-8(17(11)5-6-18)10(19)15-12(20)16(9)3/h7,18H,4-6H2,1-3H3,(H,13,14)(H,15,19,20)/t7-/m1/s1. The van der Waals surface area contributed by atoms with Gasteiger partial charge in [0.25, 0.3) is 5.56 Å². The lowest BCUT2D eigenvalue weighted by Crippen LogP contribution is -2.29. The molecule has 2 rings (SSSR count). The van der Waals surface area contributed by atoms with Crippen molar-refractivity contribution in [3.05, 3.63) is 20.8 Å². The lowest BCUT2D eigenvalue weighted by atomic mass is 10.3. The number of aryl methyl sites for hydroxylation is 1. The minimum atomic E-state index is -0.508. The van der Waals surface area contributed by atoms with E-state index >= 15 is 0 Å². The Kier molecular flexibility index (Phi) is 3.93. The predicted octanol–water partition coefficient (Wildman–Crippen LogP) is -0.374. The summed E-state index contributed by atoms with van der Waals surface area (Å²) >= 11 is 0. The number of nitrogens with zero attached hydrogens (tertiary/aromatic N) is 3. The number of aliphatic hydroxyl groups is 1. The van der Waals surface area contributed by atoms with Gasteiger partial charge in [0.15, 0.2) is 11.2 Å². The lowest BCUT2D eigenvalue weighted by molar-refractivity contribution is 0.278. The van der Waals surface area contributed by atoms with E-state index < -0.39 is 11.2 Å². The molecule has 0 saturated carbocycles. The van der Waals surface area contributed by atoms with Gasteiger partial charge in [-0.05, 0) is 13.3 Å². The maximum atomic E-state index is 12.0. The van der Waals surface area contributed by atoms with Crippen molar-refractivity contribution in [2.45, 2.75) is 32.9 Å². The van der Waals surface area contributed by atoms with Crippen LogP contribution >= 0.6 is 0 Å². The van der Waals surface area contributed by atoms with E-state index in [9.17, 15) is 14.7 Å². The molecule has 8 nitrogen and oxygen atoms in total. The molecule has 20 heavy (non-hydrogen) atoms. The average molecular weight is 281 g/mol. The highest BCUT2D eigenvalue weighted by Gasteiger charge is 2.17. The molecule has 0 aliphatic carbocycles. The smallest absolute Gasteiger partial charge is 0.329 e. The van der Waals surface area contributed by atoms with Crippen molar-refractivity contribution in [2.75, 3.05) is 11.9 Å². The molecule has 0 spiro atoms. The van der Waals surface area contributed by atoms with Crippen LogP contribution in [0.25, 0.3) is 11.2 Å². The molecule has 1 atom stereocenters. The van der Waals surface area contributed by atoms with Gasteiger partial charge in [0.05, 0.1) is 6.61 Å². The van der Waals surface area contributed by atoms with Gasteiger partial charge in [-0.15, -0.1) is 0 Å². The molecule has 0 aliphatic rings. The number of aromatic amines is 1. The van der Waals surface area contributed by atoms with Gasteiger partial charge in [0.2, 0.25) is 5.95 Å². The molecule has 0 fully saturated rings. The Morgan fingerprint density at radius 1 is 1.45 bits per heavy atom. The third-order valence-electron chi connectivity index (χ3n) is 3.32. The molecule has 2 heterocycles. The first-order valence-corrected chi connectivity index (χ1v) is 6.56. The first-order chi connectivity index (χ1) is 9.49. The monoisotopic (exact) mass is 281 g/mol. The molecule has 0 saturated heterocycles. The zero-order chi connectivity index (χ0) is 14.9. The second kappa shape index (κ2) is 5.49. The molecule has 3 N–H and O–H groups in total. The summed E-state index contributed by atoms with van der Waals surface area (Å²) in [5.74, 6) is 0.482. The van der Waals surface area contributed by atoms with E-state index in [1.165, 1.54) is 4.57 Å². The van der Waals surface area contributed by atoms with Crippen molar-refractivity contribution < 1.29 is 5.11 Å². The van der Waals surface area contributed by atoms with Gasteiger partial charge in [-0.2, -0.15) is 4.98 Å². The summed E-state index contributed by atoms with van der Waals surface area (Å²) in [5.41, 5.74) is -0.419. The molecule has 0 amide bonds. The van der Waals surface area contributed by atoms with Crippen molar-refractivity contribution in [1.29, 1.82) is 0 Å². The summed E-state index contributed by atoms with van der Waals surface area (Å²) in [6.07, 6.45) is 0.887. The van der Waals surface area contributed by atoms with Gasteiger partial charge in [-0.3, -0.25) is 14.3 Å². The van der Waals surface area contributed by atoms with Crippen molar-refractivity contribution in [3.63, 3.8) is 0 Å². The Morgan fingerprint density at radius 2 is 2.15 bits per heavy atom. The van der Waals surface area contributed by atoms with Crippen molar-refractivity contribution in [3.8, 4) is 0 Å². The second-order valence-corrected chi connectivity index (χ2v) is 4.75. The summed E-state index contributed by atoms with van der Waals surface area (Å²) < 4.78 is 2.88. The molecule has 0 aliphatic heterocycles. The summed E-state index contributed by atoms with van der Waals surface area (Å²) in [6, 6.07) is 0.167. The zero-order valence-corrected chi connectivity index (χ0v) is 11.8. The highest BCUT2D eigenvalue weighted by Crippen LogP contribution is 2.16. The van der Waals surface area contributed by atoms with E-state index in [2.05, 4.69) is 15.3 Å². The molecular formula is C12H19N5O3. The van der Waals surface area contributed by atoms with E-state index in [4.69, 9.17) is 0 Å². The number of hydrogen-bond acceptors (Lipinski definition) is 5. The normalized spacial score (nSPS) is 12.8. The molecular weight excluding hydrogens is 262 g/mol. The van der Waals surface area contributed by atoms with Crippen LogP contribution in [0.3, 0.4) is 0 Å². The van der Waals surface area contributed by atoms with Crippen molar-refractivity contribution in [2.24, 2.45) is 7.05 Å². The van der Waals surface area contributed by atoms with Crippen LogP contribution in [0.2, 0.25) is 0 Å². The van der Waals surface area contributed by atoms with Crippen LogP contribution in [-0.4, -0.2) is 36.9 Å². The number of imidazole rings is 1. The van der Waals surface area contributed by atoms with Crippen LogP contribution in [0, 0.1) is 0 Å². The summed E-state index contributed by atoms with van der Waals surface area (Å²) in [4.78, 5) is 30.1. The number of H-pyrrole nitrogens is 1. The molecule has 0 radical (unpaired) electrons. The molecule has 110 valence electrons. The van der Waals surface area contributed by atoms with Crippen LogP contribution in [0.1, 0.15) is 20.3 Å². The Balaban J connectivity index is 2.72. The zero-order valence-electron chi connectivity index (χ0n) is 11.8. The highest BCUT2D eigenvalue weighted by molar-refractivity contribution is 5.74. The Bertz CT molecular complexity index is 727. The molecule has 2 aromatic heterocycles. The number of anilines is 1. The number of aliphatic hydroxyl groups excluding tert-OH is 1. The lowest BCUT2D eigenvalue weighted by Gasteiger charge is -2.13. The van der Waals surface area contributed by atoms with Gasteiger partial charge in [0, 0.05) is 19.6 Å². The van der Waals surface area contributed by atoms with E-state index in [1.54, 1.807) is 11.6 Å². The molecule has 0 bridgehead atoms. The number of fused-ring (bicyclic) bond motifs is 1. The first kappa shape index (κ1) is 14.3. The van der Waals surface area contributed by atoms with E-state index in [-0.39, 0.29) is 24.7 Å². The van der Waals surface area contributed by atoms with Crippen LogP contribution in [0.4, 0.5) is 5.95 Å². The molecule has 2 aromatic rings. The topological polar surface area (TPSA) is 105 Å².